The van der Waals surface area contributed by atoms with Gasteiger partial charge < -0.3 is 10.6 Å². The molecule has 0 radical (unpaired) electrons. The molecule has 2 N–H and O–H groups in total. The number of nitrogens with one attached hydrogen (secondary N) is 2. The SMILES string of the molecule is CCCNC(=O)NCCc1ccc(Cl)s1. The quantitative estimate of drug-likeness (QED) is 0.824. The van der Waals surface area contributed by atoms with Crippen LogP contribution in [0, 0.1) is 0 Å². The van der Waals surface area contributed by atoms with E-state index in [0.717, 1.165) is 23.7 Å². The van der Waals surface area contributed by atoms with Crippen LogP contribution < -0.4 is 10.6 Å². The number of carbonyl (C=O) groups excluding carboxylic acids is 1. The topological polar surface area (TPSA) is 41.1 Å². The fraction of sp³-hybridized carbons (Fsp3) is 0.500. The second-order valence-electron chi connectivity index (χ2n) is 3.14. The molecule has 0 saturated heterocycles. The predicted molar refractivity (Wildman–Crippen MR) is 64.7 cm³/mol. The zero-order chi connectivity index (χ0) is 11.1. The maximum atomic E-state index is 11.2. The van der Waals surface area contributed by atoms with Crippen molar-refractivity contribution in [3.63, 3.8) is 0 Å². The minimum Gasteiger partial charge on any atom is -0.338 e. The molecule has 1 aromatic rings. The lowest BCUT2D eigenvalue weighted by atomic mass is 10.3. The van der Waals surface area contributed by atoms with Crippen molar-refractivity contribution in [2.75, 3.05) is 13.1 Å². The molecule has 0 bridgehead atoms. The highest BCUT2D eigenvalue weighted by Crippen LogP contribution is 2.21. The predicted octanol–water partition coefficient (Wildman–Crippen LogP) is 2.65. The third kappa shape index (κ3) is 5.04. The molecule has 15 heavy (non-hydrogen) atoms. The summed E-state index contributed by atoms with van der Waals surface area (Å²) in [5.74, 6) is 0. The zero-order valence-electron chi connectivity index (χ0n) is 8.68. The van der Waals surface area contributed by atoms with Gasteiger partial charge in [0.15, 0.2) is 0 Å². The maximum absolute atomic E-state index is 11.2. The molecule has 2 amide bonds. The van der Waals surface area contributed by atoms with Gasteiger partial charge in [0, 0.05) is 18.0 Å². The van der Waals surface area contributed by atoms with Gasteiger partial charge in [-0.1, -0.05) is 18.5 Å². The molecule has 1 rings (SSSR count). The van der Waals surface area contributed by atoms with E-state index >= 15 is 0 Å². The molecule has 0 saturated carbocycles. The average Bonchev–Trinajstić information content (AvgIpc) is 2.61. The molecular weight excluding hydrogens is 232 g/mol. The van der Waals surface area contributed by atoms with Gasteiger partial charge in [-0.3, -0.25) is 0 Å². The highest BCUT2D eigenvalue weighted by molar-refractivity contribution is 7.16. The number of carbonyl (C=O) groups is 1. The van der Waals surface area contributed by atoms with Gasteiger partial charge in [0.25, 0.3) is 0 Å². The van der Waals surface area contributed by atoms with Gasteiger partial charge in [-0.15, -0.1) is 11.3 Å². The Morgan fingerprint density at radius 1 is 1.40 bits per heavy atom. The molecule has 0 fully saturated rings. The van der Waals surface area contributed by atoms with Crippen molar-refractivity contribution < 1.29 is 4.79 Å². The number of rotatable bonds is 5. The van der Waals surface area contributed by atoms with E-state index in [1.807, 2.05) is 19.1 Å². The van der Waals surface area contributed by atoms with E-state index in [2.05, 4.69) is 10.6 Å². The molecule has 0 spiro atoms. The van der Waals surface area contributed by atoms with Crippen LogP contribution in [-0.2, 0) is 6.42 Å². The molecule has 0 aliphatic heterocycles. The molecule has 0 aromatic carbocycles. The fourth-order valence-corrected chi connectivity index (χ4v) is 2.17. The summed E-state index contributed by atoms with van der Waals surface area (Å²) in [6.07, 6.45) is 1.78. The van der Waals surface area contributed by atoms with Gasteiger partial charge in [-0.2, -0.15) is 0 Å². The minimum atomic E-state index is -0.0977. The molecule has 84 valence electrons. The standard InChI is InChI=1S/C10H15ClN2OS/c1-2-6-12-10(14)13-7-5-8-3-4-9(11)15-8/h3-4H,2,5-7H2,1H3,(H2,12,13,14). The highest BCUT2D eigenvalue weighted by Gasteiger charge is 2.00. The van der Waals surface area contributed by atoms with Crippen molar-refractivity contribution in [2.24, 2.45) is 0 Å². The van der Waals surface area contributed by atoms with E-state index in [9.17, 15) is 4.79 Å². The highest BCUT2D eigenvalue weighted by atomic mass is 35.5. The fourth-order valence-electron chi connectivity index (χ4n) is 1.09. The number of halogens is 1. The van der Waals surface area contributed by atoms with Gasteiger partial charge in [0.05, 0.1) is 4.34 Å². The summed E-state index contributed by atoms with van der Waals surface area (Å²) in [6.45, 7) is 3.39. The average molecular weight is 247 g/mol. The molecule has 1 heterocycles. The number of hydrogen-bond donors (Lipinski definition) is 2. The molecular formula is C10H15ClN2OS. The lowest BCUT2D eigenvalue weighted by Crippen LogP contribution is -2.36. The first kappa shape index (κ1) is 12.3. The summed E-state index contributed by atoms with van der Waals surface area (Å²) in [4.78, 5) is 12.3. The van der Waals surface area contributed by atoms with E-state index in [-0.39, 0.29) is 6.03 Å². The smallest absolute Gasteiger partial charge is 0.314 e. The summed E-state index contributed by atoms with van der Waals surface area (Å²) >= 11 is 7.34. The van der Waals surface area contributed by atoms with Crippen LogP contribution in [0.1, 0.15) is 18.2 Å². The zero-order valence-corrected chi connectivity index (χ0v) is 10.3. The maximum Gasteiger partial charge on any atom is 0.314 e. The van der Waals surface area contributed by atoms with E-state index in [1.54, 1.807) is 11.3 Å². The molecule has 1 aromatic heterocycles. The summed E-state index contributed by atoms with van der Waals surface area (Å²) in [7, 11) is 0. The second kappa shape index (κ2) is 6.69. The van der Waals surface area contributed by atoms with Crippen LogP contribution >= 0.6 is 22.9 Å². The molecule has 0 atom stereocenters. The van der Waals surface area contributed by atoms with Crippen molar-refractivity contribution in [2.45, 2.75) is 19.8 Å². The van der Waals surface area contributed by atoms with Crippen LogP contribution in [0.5, 0.6) is 0 Å². The summed E-state index contributed by atoms with van der Waals surface area (Å²) in [6, 6.07) is 3.76. The monoisotopic (exact) mass is 246 g/mol. The van der Waals surface area contributed by atoms with Crippen LogP contribution in [0.3, 0.4) is 0 Å². The molecule has 5 heteroatoms. The summed E-state index contributed by atoms with van der Waals surface area (Å²) < 4.78 is 0.792. The first-order valence-corrected chi connectivity index (χ1v) is 6.17. The van der Waals surface area contributed by atoms with Gasteiger partial charge in [-0.25, -0.2) is 4.79 Å². The third-order valence-electron chi connectivity index (χ3n) is 1.82. The van der Waals surface area contributed by atoms with Gasteiger partial charge in [0.2, 0.25) is 0 Å². The van der Waals surface area contributed by atoms with E-state index in [1.165, 1.54) is 4.88 Å². The number of amides is 2. The van der Waals surface area contributed by atoms with Crippen molar-refractivity contribution >= 4 is 29.0 Å². The van der Waals surface area contributed by atoms with Crippen LogP contribution in [-0.4, -0.2) is 19.1 Å². The number of hydrogen-bond acceptors (Lipinski definition) is 2. The summed E-state index contributed by atoms with van der Waals surface area (Å²) in [5, 5.41) is 5.54. The third-order valence-corrected chi connectivity index (χ3v) is 3.11. The Labute approximate surface area is 98.8 Å². The Morgan fingerprint density at radius 3 is 2.73 bits per heavy atom. The summed E-state index contributed by atoms with van der Waals surface area (Å²) in [5.41, 5.74) is 0. The lowest BCUT2D eigenvalue weighted by Gasteiger charge is -2.05. The lowest BCUT2D eigenvalue weighted by molar-refractivity contribution is 0.241. The largest absolute Gasteiger partial charge is 0.338 e. The van der Waals surface area contributed by atoms with Crippen LogP contribution in [0.4, 0.5) is 4.79 Å². The molecule has 3 nitrogen and oxygen atoms in total. The Kier molecular flexibility index (Phi) is 5.50. The first-order valence-electron chi connectivity index (χ1n) is 4.98. The number of urea groups is 1. The second-order valence-corrected chi connectivity index (χ2v) is 4.94. The Bertz CT molecular complexity index is 314. The Hall–Kier alpha value is -0.740. The minimum absolute atomic E-state index is 0.0977. The normalized spacial score (nSPS) is 10.0. The Morgan fingerprint density at radius 2 is 2.13 bits per heavy atom. The molecule has 0 aliphatic carbocycles. The molecule has 0 aliphatic rings. The Balaban J connectivity index is 2.13. The van der Waals surface area contributed by atoms with Crippen LogP contribution in [0.25, 0.3) is 0 Å². The van der Waals surface area contributed by atoms with Crippen molar-refractivity contribution in [1.29, 1.82) is 0 Å². The van der Waals surface area contributed by atoms with Crippen LogP contribution in [0.2, 0.25) is 4.34 Å². The van der Waals surface area contributed by atoms with E-state index in [0.29, 0.717) is 6.54 Å². The van der Waals surface area contributed by atoms with Gasteiger partial charge >= 0.3 is 6.03 Å². The van der Waals surface area contributed by atoms with Crippen LogP contribution in [0.15, 0.2) is 12.1 Å². The van der Waals surface area contributed by atoms with Gasteiger partial charge in [-0.05, 0) is 25.0 Å². The van der Waals surface area contributed by atoms with Crippen molar-refractivity contribution in [1.82, 2.24) is 10.6 Å². The van der Waals surface area contributed by atoms with E-state index < -0.39 is 0 Å². The van der Waals surface area contributed by atoms with Crippen molar-refractivity contribution in [3.8, 4) is 0 Å². The van der Waals surface area contributed by atoms with Gasteiger partial charge in [0.1, 0.15) is 0 Å². The van der Waals surface area contributed by atoms with Crippen molar-refractivity contribution in [3.05, 3.63) is 21.3 Å². The molecule has 0 unspecified atom stereocenters. The van der Waals surface area contributed by atoms with E-state index in [4.69, 9.17) is 11.6 Å². The first-order chi connectivity index (χ1) is 7.22. The number of thiophene rings is 1.